The Morgan fingerprint density at radius 2 is 2.15 bits per heavy atom. The van der Waals surface area contributed by atoms with Gasteiger partial charge in [0.15, 0.2) is 0 Å². The summed E-state index contributed by atoms with van der Waals surface area (Å²) in [5.41, 5.74) is -0.980. The molecule has 1 unspecified atom stereocenters. The highest BCUT2D eigenvalue weighted by Gasteiger charge is 2.20. The first-order valence-electron chi connectivity index (χ1n) is 5.86. The quantitative estimate of drug-likeness (QED) is 0.541. The van der Waals surface area contributed by atoms with Crippen LogP contribution in [0.15, 0.2) is 18.2 Å². The maximum absolute atomic E-state index is 10.9. The van der Waals surface area contributed by atoms with Crippen molar-refractivity contribution in [2.75, 3.05) is 19.8 Å². The molecule has 8 heteroatoms. The minimum atomic E-state index is -1.42. The number of nitrogens with zero attached hydrogens (tertiary/aromatic N) is 1. The van der Waals surface area contributed by atoms with E-state index < -0.39 is 28.2 Å². The predicted octanol–water partition coefficient (Wildman–Crippen LogP) is 1.07. The number of benzene rings is 1. The zero-order valence-corrected chi connectivity index (χ0v) is 10.8. The summed E-state index contributed by atoms with van der Waals surface area (Å²) < 4.78 is 10.2. The Morgan fingerprint density at radius 3 is 2.70 bits per heavy atom. The molecule has 0 saturated heterocycles. The molecule has 1 atom stereocenters. The van der Waals surface area contributed by atoms with Crippen molar-refractivity contribution in [2.45, 2.75) is 13.0 Å². The molecule has 8 nitrogen and oxygen atoms in total. The lowest BCUT2D eigenvalue weighted by Crippen LogP contribution is -2.23. The first-order chi connectivity index (χ1) is 9.45. The van der Waals surface area contributed by atoms with Crippen LogP contribution in [0.5, 0.6) is 5.75 Å². The molecule has 1 rings (SSSR count). The fraction of sp³-hybridized carbons (Fsp3) is 0.417. The van der Waals surface area contributed by atoms with Gasteiger partial charge in [-0.2, -0.15) is 0 Å². The van der Waals surface area contributed by atoms with Crippen LogP contribution in [0.25, 0.3) is 0 Å². The Labute approximate surface area is 114 Å². The topological polar surface area (TPSA) is 119 Å². The van der Waals surface area contributed by atoms with Crippen LogP contribution in [0.1, 0.15) is 17.3 Å². The molecule has 1 aromatic rings. The van der Waals surface area contributed by atoms with Gasteiger partial charge in [0, 0.05) is 18.7 Å². The lowest BCUT2D eigenvalue weighted by atomic mass is 10.1. The standard InChI is InChI=1S/C12H15NO7/c1-2-19-6-8(14)7-20-9-3-4-11(13(17)18)10(5-9)12(15)16/h3-5,8,14H,2,6-7H2,1H3,(H,15,16). The summed E-state index contributed by atoms with van der Waals surface area (Å²) in [7, 11) is 0. The van der Waals surface area contributed by atoms with Crippen molar-refractivity contribution in [3.05, 3.63) is 33.9 Å². The number of aliphatic hydroxyl groups is 1. The number of nitro benzene ring substituents is 1. The molecule has 0 bridgehead atoms. The molecule has 0 heterocycles. The third-order valence-corrected chi connectivity index (χ3v) is 2.35. The van der Waals surface area contributed by atoms with E-state index in [-0.39, 0.29) is 19.0 Å². The molecule has 0 spiro atoms. The van der Waals surface area contributed by atoms with Gasteiger partial charge in [0.25, 0.3) is 5.69 Å². The molecule has 0 fully saturated rings. The molecular formula is C12H15NO7. The summed E-state index contributed by atoms with van der Waals surface area (Å²) in [6.07, 6.45) is -0.863. The van der Waals surface area contributed by atoms with Crippen LogP contribution in [-0.4, -0.2) is 47.0 Å². The number of carboxylic acids is 1. The fourth-order valence-electron chi connectivity index (χ4n) is 1.43. The summed E-state index contributed by atoms with van der Waals surface area (Å²) in [6, 6.07) is 3.37. The molecule has 0 aliphatic carbocycles. The van der Waals surface area contributed by atoms with Crippen molar-refractivity contribution in [2.24, 2.45) is 0 Å². The molecule has 20 heavy (non-hydrogen) atoms. The van der Waals surface area contributed by atoms with Crippen LogP contribution in [0, 0.1) is 10.1 Å². The van der Waals surface area contributed by atoms with Gasteiger partial charge in [-0.25, -0.2) is 4.79 Å². The number of carboxylic acid groups (broad SMARTS) is 1. The van der Waals surface area contributed by atoms with Gasteiger partial charge in [-0.15, -0.1) is 0 Å². The van der Waals surface area contributed by atoms with Crippen molar-refractivity contribution in [3.8, 4) is 5.75 Å². The summed E-state index contributed by atoms with van der Waals surface area (Å²) >= 11 is 0. The molecule has 0 radical (unpaired) electrons. The van der Waals surface area contributed by atoms with E-state index in [0.717, 1.165) is 12.1 Å². The van der Waals surface area contributed by atoms with E-state index in [0.29, 0.717) is 6.61 Å². The van der Waals surface area contributed by atoms with E-state index in [1.807, 2.05) is 0 Å². The minimum absolute atomic E-state index is 0.0925. The first-order valence-corrected chi connectivity index (χ1v) is 5.86. The van der Waals surface area contributed by atoms with Gasteiger partial charge in [-0.1, -0.05) is 0 Å². The van der Waals surface area contributed by atoms with Gasteiger partial charge in [0.2, 0.25) is 0 Å². The normalized spacial score (nSPS) is 11.9. The molecule has 1 aromatic carbocycles. The fourth-order valence-corrected chi connectivity index (χ4v) is 1.43. The second-order valence-electron chi connectivity index (χ2n) is 3.87. The number of hydrogen-bond acceptors (Lipinski definition) is 6. The number of hydrogen-bond donors (Lipinski definition) is 2. The third kappa shape index (κ3) is 4.48. The summed E-state index contributed by atoms with van der Waals surface area (Å²) in [5, 5.41) is 29.1. The molecule has 0 saturated carbocycles. The van der Waals surface area contributed by atoms with Crippen LogP contribution >= 0.6 is 0 Å². The molecule has 110 valence electrons. The van der Waals surface area contributed by atoms with Crippen molar-refractivity contribution in [1.82, 2.24) is 0 Å². The molecule has 2 N–H and O–H groups in total. The molecular weight excluding hydrogens is 270 g/mol. The second kappa shape index (κ2) is 7.41. The highest BCUT2D eigenvalue weighted by atomic mass is 16.6. The average Bonchev–Trinajstić information content (AvgIpc) is 2.42. The van der Waals surface area contributed by atoms with Crippen LogP contribution in [0.2, 0.25) is 0 Å². The van der Waals surface area contributed by atoms with Crippen molar-refractivity contribution in [3.63, 3.8) is 0 Å². The monoisotopic (exact) mass is 285 g/mol. The van der Waals surface area contributed by atoms with Crippen molar-refractivity contribution in [1.29, 1.82) is 0 Å². The summed E-state index contributed by atoms with van der Waals surface area (Å²) in [6.45, 7) is 2.23. The Bertz CT molecular complexity index is 489. The van der Waals surface area contributed by atoms with Crippen LogP contribution in [0.3, 0.4) is 0 Å². The SMILES string of the molecule is CCOCC(O)COc1ccc([N+](=O)[O-])c(C(=O)O)c1. The highest BCUT2D eigenvalue weighted by molar-refractivity contribution is 5.92. The van der Waals surface area contributed by atoms with Gasteiger partial charge in [0.1, 0.15) is 24.0 Å². The largest absolute Gasteiger partial charge is 0.491 e. The summed E-state index contributed by atoms with van der Waals surface area (Å²) in [4.78, 5) is 20.8. The molecule has 0 aliphatic heterocycles. The van der Waals surface area contributed by atoms with E-state index in [9.17, 15) is 20.0 Å². The molecule has 0 aromatic heterocycles. The Hall–Kier alpha value is -2.19. The Kier molecular flexibility index (Phi) is 5.88. The Morgan fingerprint density at radius 1 is 1.45 bits per heavy atom. The number of nitro groups is 1. The predicted molar refractivity (Wildman–Crippen MR) is 68.1 cm³/mol. The maximum Gasteiger partial charge on any atom is 0.342 e. The van der Waals surface area contributed by atoms with Crippen LogP contribution in [0.4, 0.5) is 5.69 Å². The maximum atomic E-state index is 10.9. The third-order valence-electron chi connectivity index (χ3n) is 2.35. The van der Waals surface area contributed by atoms with Crippen LogP contribution in [-0.2, 0) is 4.74 Å². The number of carbonyl (C=O) groups is 1. The first kappa shape index (κ1) is 15.9. The molecule has 0 amide bonds. The van der Waals surface area contributed by atoms with E-state index >= 15 is 0 Å². The lowest BCUT2D eigenvalue weighted by molar-refractivity contribution is -0.385. The van der Waals surface area contributed by atoms with Gasteiger partial charge in [-0.3, -0.25) is 10.1 Å². The average molecular weight is 285 g/mol. The number of ether oxygens (including phenoxy) is 2. The zero-order chi connectivity index (χ0) is 15.1. The van der Waals surface area contributed by atoms with Gasteiger partial charge in [0.05, 0.1) is 11.5 Å². The number of aromatic carboxylic acids is 1. The Balaban J connectivity index is 2.75. The van der Waals surface area contributed by atoms with E-state index in [1.54, 1.807) is 6.92 Å². The second-order valence-corrected chi connectivity index (χ2v) is 3.87. The zero-order valence-electron chi connectivity index (χ0n) is 10.8. The van der Waals surface area contributed by atoms with Crippen molar-refractivity contribution < 1.29 is 29.4 Å². The highest BCUT2D eigenvalue weighted by Crippen LogP contribution is 2.24. The number of aliphatic hydroxyl groups excluding tert-OH is 1. The van der Waals surface area contributed by atoms with E-state index in [2.05, 4.69) is 0 Å². The smallest absolute Gasteiger partial charge is 0.342 e. The molecule has 0 aliphatic rings. The minimum Gasteiger partial charge on any atom is -0.491 e. The van der Waals surface area contributed by atoms with Gasteiger partial charge in [-0.05, 0) is 13.0 Å². The van der Waals surface area contributed by atoms with E-state index in [4.69, 9.17) is 14.6 Å². The van der Waals surface area contributed by atoms with Gasteiger partial charge >= 0.3 is 5.97 Å². The van der Waals surface area contributed by atoms with Crippen molar-refractivity contribution >= 4 is 11.7 Å². The van der Waals surface area contributed by atoms with Gasteiger partial charge < -0.3 is 19.7 Å². The number of rotatable bonds is 8. The van der Waals surface area contributed by atoms with E-state index in [1.165, 1.54) is 6.07 Å². The summed E-state index contributed by atoms with van der Waals surface area (Å²) in [5.74, 6) is -1.29. The lowest BCUT2D eigenvalue weighted by Gasteiger charge is -2.12. The van der Waals surface area contributed by atoms with Crippen LogP contribution < -0.4 is 4.74 Å².